The molecular weight excluding hydrogens is 406 g/mol. The smallest absolute Gasteiger partial charge is 0.255 e. The van der Waals surface area contributed by atoms with Gasteiger partial charge in [-0.3, -0.25) is 9.69 Å². The van der Waals surface area contributed by atoms with Crippen LogP contribution in [0.4, 0.5) is 11.4 Å². The predicted molar refractivity (Wildman–Crippen MR) is 124 cm³/mol. The molecule has 0 bridgehead atoms. The van der Waals surface area contributed by atoms with Gasteiger partial charge in [0.1, 0.15) is 11.4 Å². The Morgan fingerprint density at radius 3 is 2.38 bits per heavy atom. The van der Waals surface area contributed by atoms with E-state index in [0.29, 0.717) is 34.6 Å². The molecule has 0 unspecified atom stereocenters. The number of carbonyl (C=O) groups is 1. The zero-order valence-corrected chi connectivity index (χ0v) is 18.9. The van der Waals surface area contributed by atoms with Gasteiger partial charge in [0.15, 0.2) is 5.82 Å². The molecule has 3 aromatic rings. The largest absolute Gasteiger partial charge is 0.494 e. The van der Waals surface area contributed by atoms with Crippen LogP contribution in [0.2, 0.25) is 0 Å². The van der Waals surface area contributed by atoms with Crippen LogP contribution < -0.4 is 15.0 Å². The van der Waals surface area contributed by atoms with E-state index < -0.39 is 0 Å². The third-order valence-corrected chi connectivity index (χ3v) is 5.83. The van der Waals surface area contributed by atoms with Gasteiger partial charge in [0.25, 0.3) is 5.91 Å². The summed E-state index contributed by atoms with van der Waals surface area (Å²) in [5.74, 6) is 1.06. The van der Waals surface area contributed by atoms with Crippen molar-refractivity contribution in [3.63, 3.8) is 0 Å². The molecule has 0 atom stereocenters. The fraction of sp³-hybridized carbons (Fsp3) is 0.391. The Labute approximate surface area is 188 Å². The quantitative estimate of drug-likeness (QED) is 0.637. The van der Waals surface area contributed by atoms with E-state index >= 15 is 0 Å². The Balaban J connectivity index is 1.45. The number of carbonyl (C=O) groups excluding carboxylic acids is 1. The standard InChI is InChI=1S/C23H29N7O2/c1-16(2)28-11-13-29(14-12-28)20-8-5-18(6-9-20)23(31)24-19-7-10-22(32-4)21(15-19)30-17(3)25-26-27-30/h5-10,15-16H,11-14H2,1-4H3,(H,24,31). The van der Waals surface area contributed by atoms with Crippen LogP contribution in [0.3, 0.4) is 0 Å². The number of benzene rings is 2. The molecule has 32 heavy (non-hydrogen) atoms. The lowest BCUT2D eigenvalue weighted by Crippen LogP contribution is -2.48. The van der Waals surface area contributed by atoms with Crippen molar-refractivity contribution in [2.24, 2.45) is 0 Å². The average molecular weight is 436 g/mol. The van der Waals surface area contributed by atoms with Gasteiger partial charge in [0, 0.05) is 49.2 Å². The molecule has 1 aliphatic heterocycles. The molecule has 9 nitrogen and oxygen atoms in total. The van der Waals surface area contributed by atoms with Gasteiger partial charge in [0.2, 0.25) is 0 Å². The molecule has 1 fully saturated rings. The van der Waals surface area contributed by atoms with Crippen LogP contribution in [0.5, 0.6) is 5.75 Å². The number of piperazine rings is 1. The third-order valence-electron chi connectivity index (χ3n) is 5.83. The van der Waals surface area contributed by atoms with Crippen LogP contribution in [-0.2, 0) is 0 Å². The number of amides is 1. The van der Waals surface area contributed by atoms with Crippen LogP contribution >= 0.6 is 0 Å². The van der Waals surface area contributed by atoms with E-state index in [4.69, 9.17) is 4.74 Å². The molecule has 0 spiro atoms. The van der Waals surface area contributed by atoms with Crippen molar-refractivity contribution < 1.29 is 9.53 Å². The summed E-state index contributed by atoms with van der Waals surface area (Å²) in [4.78, 5) is 17.7. The van der Waals surface area contributed by atoms with Crippen molar-refractivity contribution in [1.82, 2.24) is 25.1 Å². The molecular formula is C23H29N7O2. The summed E-state index contributed by atoms with van der Waals surface area (Å²) in [5, 5.41) is 14.6. The molecule has 1 N–H and O–H groups in total. The Hall–Kier alpha value is -3.46. The van der Waals surface area contributed by atoms with Crippen molar-refractivity contribution in [3.05, 3.63) is 53.9 Å². The van der Waals surface area contributed by atoms with Gasteiger partial charge in [-0.1, -0.05) is 0 Å². The highest BCUT2D eigenvalue weighted by atomic mass is 16.5. The summed E-state index contributed by atoms with van der Waals surface area (Å²) < 4.78 is 6.99. The van der Waals surface area contributed by atoms with E-state index in [-0.39, 0.29) is 5.91 Å². The zero-order chi connectivity index (χ0) is 22.7. The number of hydrogen-bond donors (Lipinski definition) is 1. The lowest BCUT2D eigenvalue weighted by molar-refractivity contribution is 0.102. The van der Waals surface area contributed by atoms with Gasteiger partial charge < -0.3 is 15.0 Å². The second kappa shape index (κ2) is 9.35. The number of aryl methyl sites for hydroxylation is 1. The molecule has 2 heterocycles. The number of tetrazole rings is 1. The van der Waals surface area contributed by atoms with Crippen molar-refractivity contribution in [1.29, 1.82) is 0 Å². The molecule has 0 saturated carbocycles. The van der Waals surface area contributed by atoms with Crippen molar-refractivity contribution in [2.45, 2.75) is 26.8 Å². The van der Waals surface area contributed by atoms with Gasteiger partial charge in [0.05, 0.1) is 7.11 Å². The molecule has 0 radical (unpaired) electrons. The van der Waals surface area contributed by atoms with Crippen LogP contribution in [0, 0.1) is 6.92 Å². The maximum atomic E-state index is 12.8. The van der Waals surface area contributed by atoms with E-state index in [9.17, 15) is 4.79 Å². The molecule has 0 aliphatic carbocycles. The minimum absolute atomic E-state index is 0.175. The highest BCUT2D eigenvalue weighted by Gasteiger charge is 2.19. The maximum Gasteiger partial charge on any atom is 0.255 e. The minimum atomic E-state index is -0.175. The molecule has 9 heteroatoms. The minimum Gasteiger partial charge on any atom is -0.494 e. The van der Waals surface area contributed by atoms with Gasteiger partial charge in [-0.2, -0.15) is 4.68 Å². The van der Waals surface area contributed by atoms with Crippen LogP contribution in [0.1, 0.15) is 30.0 Å². The third kappa shape index (κ3) is 4.57. The van der Waals surface area contributed by atoms with E-state index in [0.717, 1.165) is 31.9 Å². The Bertz CT molecular complexity index is 1070. The van der Waals surface area contributed by atoms with Crippen molar-refractivity contribution in [2.75, 3.05) is 43.5 Å². The summed E-state index contributed by atoms with van der Waals surface area (Å²) in [6.07, 6.45) is 0. The van der Waals surface area contributed by atoms with E-state index in [1.807, 2.05) is 24.3 Å². The van der Waals surface area contributed by atoms with Crippen molar-refractivity contribution in [3.8, 4) is 11.4 Å². The number of hydrogen-bond acceptors (Lipinski definition) is 7. The molecule has 4 rings (SSSR count). The second-order valence-electron chi connectivity index (χ2n) is 8.14. The predicted octanol–water partition coefficient (Wildman–Crippen LogP) is 2.76. The topological polar surface area (TPSA) is 88.4 Å². The number of aromatic nitrogens is 4. The highest BCUT2D eigenvalue weighted by Crippen LogP contribution is 2.27. The van der Waals surface area contributed by atoms with Gasteiger partial charge >= 0.3 is 0 Å². The second-order valence-corrected chi connectivity index (χ2v) is 8.14. The maximum absolute atomic E-state index is 12.8. The fourth-order valence-corrected chi connectivity index (χ4v) is 3.91. The summed E-state index contributed by atoms with van der Waals surface area (Å²) in [6.45, 7) is 10.4. The Kier molecular flexibility index (Phi) is 6.36. The van der Waals surface area contributed by atoms with E-state index in [2.05, 4.69) is 44.5 Å². The first-order chi connectivity index (χ1) is 15.5. The number of methoxy groups -OCH3 is 1. The summed E-state index contributed by atoms with van der Waals surface area (Å²) in [7, 11) is 1.58. The Morgan fingerprint density at radius 1 is 1.06 bits per heavy atom. The normalized spacial score (nSPS) is 14.6. The lowest BCUT2D eigenvalue weighted by Gasteiger charge is -2.38. The molecule has 1 saturated heterocycles. The van der Waals surface area contributed by atoms with Crippen LogP contribution in [0.15, 0.2) is 42.5 Å². The number of rotatable bonds is 6. The van der Waals surface area contributed by atoms with Gasteiger partial charge in [-0.05, 0) is 73.7 Å². The van der Waals surface area contributed by atoms with Crippen LogP contribution in [-0.4, -0.2) is 70.3 Å². The Morgan fingerprint density at radius 2 is 1.78 bits per heavy atom. The number of nitrogens with one attached hydrogen (secondary N) is 1. The van der Waals surface area contributed by atoms with E-state index in [1.165, 1.54) is 0 Å². The molecule has 168 valence electrons. The molecule has 1 amide bonds. The fourth-order valence-electron chi connectivity index (χ4n) is 3.91. The molecule has 1 aromatic heterocycles. The summed E-state index contributed by atoms with van der Waals surface area (Å²) >= 11 is 0. The van der Waals surface area contributed by atoms with Gasteiger partial charge in [-0.25, -0.2) is 0 Å². The summed E-state index contributed by atoms with van der Waals surface area (Å²) in [5.41, 5.74) is 3.04. The molecule has 2 aromatic carbocycles. The van der Waals surface area contributed by atoms with Crippen molar-refractivity contribution >= 4 is 17.3 Å². The van der Waals surface area contributed by atoms with Crippen LogP contribution in [0.25, 0.3) is 5.69 Å². The van der Waals surface area contributed by atoms with Gasteiger partial charge in [-0.15, -0.1) is 5.10 Å². The monoisotopic (exact) mass is 435 g/mol. The first kappa shape index (κ1) is 21.8. The van der Waals surface area contributed by atoms with E-state index in [1.54, 1.807) is 36.9 Å². The first-order valence-corrected chi connectivity index (χ1v) is 10.8. The summed E-state index contributed by atoms with van der Waals surface area (Å²) in [6, 6.07) is 13.7. The SMILES string of the molecule is COc1ccc(NC(=O)c2ccc(N3CCN(C(C)C)CC3)cc2)cc1-n1nnnc1C. The molecule has 1 aliphatic rings. The zero-order valence-electron chi connectivity index (χ0n) is 18.9. The average Bonchev–Trinajstić information content (AvgIpc) is 3.24. The lowest BCUT2D eigenvalue weighted by atomic mass is 10.1. The highest BCUT2D eigenvalue weighted by molar-refractivity contribution is 6.04. The number of ether oxygens (including phenoxy) is 1. The number of anilines is 2. The first-order valence-electron chi connectivity index (χ1n) is 10.8. The number of nitrogens with zero attached hydrogens (tertiary/aromatic N) is 6.